The summed E-state index contributed by atoms with van der Waals surface area (Å²) in [5.41, 5.74) is 0.513. The van der Waals surface area contributed by atoms with Crippen LogP contribution in [0.25, 0.3) is 11.5 Å². The third kappa shape index (κ3) is 1.71. The van der Waals surface area contributed by atoms with Crippen LogP contribution in [0.15, 0.2) is 27.7 Å². The molecule has 6 heteroatoms. The van der Waals surface area contributed by atoms with Gasteiger partial charge in [-0.25, -0.2) is 0 Å². The number of hydrogen-bond donors (Lipinski definition) is 0. The van der Waals surface area contributed by atoms with Crippen molar-refractivity contribution in [2.45, 2.75) is 0 Å². The molecule has 0 N–H and O–H groups in total. The summed E-state index contributed by atoms with van der Waals surface area (Å²) in [6, 6.07) is 1.72. The Labute approximate surface area is 87.1 Å². The molecule has 2 heterocycles. The molecule has 2 rings (SSSR count). The van der Waals surface area contributed by atoms with Gasteiger partial charge >= 0.3 is 0 Å². The first kappa shape index (κ1) is 8.65. The molecular weight excluding hydrogens is 257 g/mol. The minimum Gasteiger partial charge on any atom is -0.342 e. The van der Waals surface area contributed by atoms with E-state index < -0.39 is 0 Å². The molecule has 0 saturated carbocycles. The highest BCUT2D eigenvalue weighted by Crippen LogP contribution is 2.25. The first-order valence-electron chi connectivity index (χ1n) is 3.35. The summed E-state index contributed by atoms with van der Waals surface area (Å²) in [6.07, 6.45) is 2.85. The molecule has 0 unspecified atom stereocenters. The molecule has 0 aliphatic rings. The minimum absolute atomic E-state index is 0.387. The van der Waals surface area contributed by atoms with E-state index in [0.29, 0.717) is 16.5 Å². The van der Waals surface area contributed by atoms with Crippen molar-refractivity contribution < 1.29 is 4.52 Å². The lowest BCUT2D eigenvalue weighted by Crippen LogP contribution is -1.86. The monoisotopic (exact) mass is 259 g/mol. The van der Waals surface area contributed by atoms with Crippen molar-refractivity contribution in [3.05, 3.63) is 28.2 Å². The lowest BCUT2D eigenvalue weighted by molar-refractivity contribution is 0.418. The van der Waals surface area contributed by atoms with Crippen LogP contribution in [-0.4, -0.2) is 15.1 Å². The van der Waals surface area contributed by atoms with Crippen molar-refractivity contribution in [2.75, 3.05) is 0 Å². The SMILES string of the molecule is Clc1cc(Br)cnc1-c1ncon1. The summed E-state index contributed by atoms with van der Waals surface area (Å²) in [5.74, 6) is 0.387. The molecule has 0 amide bonds. The number of nitrogens with zero attached hydrogens (tertiary/aromatic N) is 3. The van der Waals surface area contributed by atoms with E-state index >= 15 is 0 Å². The molecule has 0 aliphatic carbocycles. The maximum Gasteiger partial charge on any atom is 0.222 e. The molecule has 0 spiro atoms. The van der Waals surface area contributed by atoms with Crippen molar-refractivity contribution in [2.24, 2.45) is 0 Å². The lowest BCUT2D eigenvalue weighted by atomic mass is 10.3. The van der Waals surface area contributed by atoms with Gasteiger partial charge in [-0.1, -0.05) is 16.8 Å². The van der Waals surface area contributed by atoms with Crippen LogP contribution in [0.5, 0.6) is 0 Å². The molecule has 0 fully saturated rings. The highest BCUT2D eigenvalue weighted by atomic mass is 79.9. The molecule has 2 aromatic rings. The van der Waals surface area contributed by atoms with Gasteiger partial charge in [0.15, 0.2) is 0 Å². The van der Waals surface area contributed by atoms with Crippen LogP contribution >= 0.6 is 27.5 Å². The second-order valence-corrected chi connectivity index (χ2v) is 3.56. The van der Waals surface area contributed by atoms with Gasteiger partial charge in [0.2, 0.25) is 12.2 Å². The molecular formula is C7H3BrClN3O. The quantitative estimate of drug-likeness (QED) is 0.790. The van der Waals surface area contributed by atoms with Crippen molar-refractivity contribution in [3.8, 4) is 11.5 Å². The fourth-order valence-corrected chi connectivity index (χ4v) is 1.57. The molecule has 0 saturated heterocycles. The summed E-state index contributed by atoms with van der Waals surface area (Å²) in [4.78, 5) is 7.89. The molecule has 0 bridgehead atoms. The second kappa shape index (κ2) is 3.43. The fourth-order valence-electron chi connectivity index (χ4n) is 0.854. The van der Waals surface area contributed by atoms with Crippen LogP contribution in [0.4, 0.5) is 0 Å². The van der Waals surface area contributed by atoms with E-state index in [1.807, 2.05) is 0 Å². The average molecular weight is 260 g/mol. The summed E-state index contributed by atoms with van der Waals surface area (Å²) in [5, 5.41) is 4.11. The molecule has 66 valence electrons. The maximum atomic E-state index is 5.91. The van der Waals surface area contributed by atoms with E-state index in [1.54, 1.807) is 12.3 Å². The van der Waals surface area contributed by atoms with Crippen LogP contribution in [0.3, 0.4) is 0 Å². The van der Waals surface area contributed by atoms with Crippen LogP contribution in [0.2, 0.25) is 5.02 Å². The van der Waals surface area contributed by atoms with Gasteiger partial charge in [-0.2, -0.15) is 4.98 Å². The Morgan fingerprint density at radius 2 is 2.23 bits per heavy atom. The third-order valence-electron chi connectivity index (χ3n) is 1.38. The Bertz CT molecular complexity index is 418. The van der Waals surface area contributed by atoms with Gasteiger partial charge in [-0.05, 0) is 22.0 Å². The van der Waals surface area contributed by atoms with Crippen molar-refractivity contribution in [1.82, 2.24) is 15.1 Å². The molecule has 0 aliphatic heterocycles. The first-order chi connectivity index (χ1) is 6.27. The van der Waals surface area contributed by atoms with Crippen LogP contribution < -0.4 is 0 Å². The lowest BCUT2D eigenvalue weighted by Gasteiger charge is -1.97. The highest BCUT2D eigenvalue weighted by molar-refractivity contribution is 9.10. The van der Waals surface area contributed by atoms with Crippen molar-refractivity contribution in [1.29, 1.82) is 0 Å². The third-order valence-corrected chi connectivity index (χ3v) is 2.10. The van der Waals surface area contributed by atoms with Gasteiger partial charge in [0.05, 0.1) is 5.02 Å². The summed E-state index contributed by atoms with van der Waals surface area (Å²) < 4.78 is 5.39. The number of rotatable bonds is 1. The zero-order valence-electron chi connectivity index (χ0n) is 6.24. The molecule has 0 aromatic carbocycles. The highest BCUT2D eigenvalue weighted by Gasteiger charge is 2.09. The van der Waals surface area contributed by atoms with E-state index in [4.69, 9.17) is 11.6 Å². The van der Waals surface area contributed by atoms with Gasteiger partial charge in [0, 0.05) is 10.7 Å². The predicted molar refractivity (Wildman–Crippen MR) is 50.2 cm³/mol. The number of halogens is 2. The largest absolute Gasteiger partial charge is 0.342 e. The van der Waals surface area contributed by atoms with Gasteiger partial charge in [-0.15, -0.1) is 0 Å². The molecule has 13 heavy (non-hydrogen) atoms. The Morgan fingerprint density at radius 1 is 1.38 bits per heavy atom. The van der Waals surface area contributed by atoms with Gasteiger partial charge < -0.3 is 4.52 Å². The van der Waals surface area contributed by atoms with Crippen LogP contribution in [0, 0.1) is 0 Å². The van der Waals surface area contributed by atoms with Crippen molar-refractivity contribution in [3.63, 3.8) is 0 Å². The Kier molecular flexibility index (Phi) is 2.28. The topological polar surface area (TPSA) is 51.8 Å². The van der Waals surface area contributed by atoms with E-state index in [0.717, 1.165) is 4.47 Å². The van der Waals surface area contributed by atoms with Gasteiger partial charge in [-0.3, -0.25) is 4.98 Å². The number of pyridine rings is 1. The fraction of sp³-hybridized carbons (Fsp3) is 0. The number of hydrogen-bond acceptors (Lipinski definition) is 4. The predicted octanol–water partition coefficient (Wildman–Crippen LogP) is 2.55. The zero-order valence-corrected chi connectivity index (χ0v) is 8.58. The summed E-state index contributed by atoms with van der Waals surface area (Å²) >= 11 is 9.16. The van der Waals surface area contributed by atoms with Crippen LogP contribution in [-0.2, 0) is 0 Å². The van der Waals surface area contributed by atoms with E-state index in [1.165, 1.54) is 6.39 Å². The zero-order chi connectivity index (χ0) is 9.26. The molecule has 0 atom stereocenters. The van der Waals surface area contributed by atoms with E-state index in [-0.39, 0.29) is 0 Å². The Hall–Kier alpha value is -0.940. The smallest absolute Gasteiger partial charge is 0.222 e. The molecule has 2 aromatic heterocycles. The minimum atomic E-state index is 0.387. The standard InChI is InChI=1S/C7H3BrClN3O/c8-4-1-5(9)6(10-2-4)7-11-3-13-12-7/h1-3H. The normalized spacial score (nSPS) is 10.3. The van der Waals surface area contributed by atoms with Crippen molar-refractivity contribution >= 4 is 27.5 Å². The average Bonchev–Trinajstić information content (AvgIpc) is 2.56. The molecule has 0 radical (unpaired) electrons. The van der Waals surface area contributed by atoms with Crippen LogP contribution in [0.1, 0.15) is 0 Å². The first-order valence-corrected chi connectivity index (χ1v) is 4.52. The molecule has 4 nitrogen and oxygen atoms in total. The summed E-state index contributed by atoms with van der Waals surface area (Å²) in [6.45, 7) is 0. The van der Waals surface area contributed by atoms with Gasteiger partial charge in [0.25, 0.3) is 0 Å². The number of aromatic nitrogens is 3. The Balaban J connectivity index is 2.53. The Morgan fingerprint density at radius 3 is 2.85 bits per heavy atom. The van der Waals surface area contributed by atoms with E-state index in [2.05, 4.69) is 35.6 Å². The van der Waals surface area contributed by atoms with Gasteiger partial charge in [0.1, 0.15) is 5.69 Å². The van der Waals surface area contributed by atoms with E-state index in [9.17, 15) is 0 Å². The maximum absolute atomic E-state index is 5.91. The summed E-state index contributed by atoms with van der Waals surface area (Å²) in [7, 11) is 0. The second-order valence-electron chi connectivity index (χ2n) is 2.24.